The van der Waals surface area contributed by atoms with Crippen LogP contribution >= 0.6 is 0 Å². The maximum absolute atomic E-state index is 12.3. The van der Waals surface area contributed by atoms with Crippen molar-refractivity contribution in [1.29, 1.82) is 0 Å². The van der Waals surface area contributed by atoms with Crippen LogP contribution in [0.5, 0.6) is 0 Å². The van der Waals surface area contributed by atoms with Gasteiger partial charge in [-0.05, 0) is 13.0 Å². The minimum Gasteiger partial charge on any atom is -0.392 e. The van der Waals surface area contributed by atoms with Crippen LogP contribution in [0.15, 0.2) is 39.9 Å². The lowest BCUT2D eigenvalue weighted by Gasteiger charge is -2.12. The summed E-state index contributed by atoms with van der Waals surface area (Å²) < 4.78 is 2.38. The lowest BCUT2D eigenvalue weighted by atomic mass is 10.0. The molecule has 0 fully saturated rings. The molecule has 2 aromatic heterocycles. The number of hydrogen-bond acceptors (Lipinski definition) is 4. The van der Waals surface area contributed by atoms with E-state index in [0.29, 0.717) is 22.3 Å². The fourth-order valence-corrected chi connectivity index (χ4v) is 2.62. The maximum Gasteiger partial charge on any atom is 0.332 e. The first-order chi connectivity index (χ1) is 10.9. The van der Waals surface area contributed by atoms with Crippen LogP contribution in [-0.2, 0) is 20.7 Å². The zero-order valence-electron chi connectivity index (χ0n) is 13.2. The predicted octanol–water partition coefficient (Wildman–Crippen LogP) is 1.10. The van der Waals surface area contributed by atoms with E-state index in [1.54, 1.807) is 13.1 Å². The topological polar surface area (TPSA) is 77.1 Å². The fourth-order valence-electron chi connectivity index (χ4n) is 2.62. The van der Waals surface area contributed by atoms with Gasteiger partial charge in [0.25, 0.3) is 5.56 Å². The number of rotatable bonds is 2. The van der Waals surface area contributed by atoms with Gasteiger partial charge in [0.05, 0.1) is 17.7 Å². The smallest absolute Gasteiger partial charge is 0.332 e. The van der Waals surface area contributed by atoms with Crippen LogP contribution in [-0.4, -0.2) is 19.2 Å². The van der Waals surface area contributed by atoms with E-state index in [1.165, 1.54) is 11.6 Å². The summed E-state index contributed by atoms with van der Waals surface area (Å²) in [6, 6.07) is 9.32. The monoisotopic (exact) mass is 311 g/mol. The highest BCUT2D eigenvalue weighted by atomic mass is 16.3. The molecular formula is C17H17N3O3. The maximum atomic E-state index is 12.3. The van der Waals surface area contributed by atoms with Gasteiger partial charge in [-0.1, -0.05) is 29.8 Å². The molecule has 1 N–H and O–H groups in total. The number of aromatic nitrogens is 3. The first-order valence-electron chi connectivity index (χ1n) is 7.21. The quantitative estimate of drug-likeness (QED) is 0.769. The largest absolute Gasteiger partial charge is 0.392 e. The molecule has 0 spiro atoms. The number of nitrogens with zero attached hydrogens (tertiary/aromatic N) is 3. The molecule has 0 saturated carbocycles. The molecule has 6 heteroatoms. The molecule has 6 nitrogen and oxygen atoms in total. The van der Waals surface area contributed by atoms with Crippen molar-refractivity contribution in [3.05, 3.63) is 62.3 Å². The van der Waals surface area contributed by atoms with Crippen molar-refractivity contribution in [2.45, 2.75) is 13.5 Å². The summed E-state index contributed by atoms with van der Waals surface area (Å²) in [6.45, 7) is 1.75. The molecule has 0 saturated heterocycles. The molecule has 118 valence electrons. The molecule has 0 amide bonds. The van der Waals surface area contributed by atoms with Crippen LogP contribution < -0.4 is 11.2 Å². The first-order valence-corrected chi connectivity index (χ1v) is 7.21. The van der Waals surface area contributed by atoms with Crippen LogP contribution in [0.25, 0.3) is 22.3 Å². The van der Waals surface area contributed by atoms with E-state index in [-0.39, 0.29) is 6.61 Å². The molecule has 0 bridgehead atoms. The minimum atomic E-state index is -0.429. The van der Waals surface area contributed by atoms with Crippen molar-refractivity contribution in [3.8, 4) is 11.3 Å². The second-order valence-corrected chi connectivity index (χ2v) is 5.60. The molecule has 3 rings (SSSR count). The van der Waals surface area contributed by atoms with Crippen LogP contribution in [0.2, 0.25) is 0 Å². The van der Waals surface area contributed by atoms with E-state index in [1.807, 2.05) is 31.2 Å². The summed E-state index contributed by atoms with van der Waals surface area (Å²) in [4.78, 5) is 28.9. The highest BCUT2D eigenvalue weighted by Crippen LogP contribution is 2.24. The van der Waals surface area contributed by atoms with Gasteiger partial charge in [0, 0.05) is 25.2 Å². The number of fused-ring (bicyclic) bond motifs is 1. The number of hydrogen-bond donors (Lipinski definition) is 1. The van der Waals surface area contributed by atoms with Gasteiger partial charge >= 0.3 is 5.69 Å². The zero-order chi connectivity index (χ0) is 16.7. The molecular weight excluding hydrogens is 294 g/mol. The van der Waals surface area contributed by atoms with Gasteiger partial charge in [0.15, 0.2) is 0 Å². The second kappa shape index (κ2) is 5.48. The Hall–Kier alpha value is -2.73. The summed E-state index contributed by atoms with van der Waals surface area (Å²) in [5, 5.41) is 9.97. The van der Waals surface area contributed by atoms with Crippen molar-refractivity contribution in [2.75, 3.05) is 0 Å². The van der Waals surface area contributed by atoms with Crippen LogP contribution in [0.4, 0.5) is 0 Å². The first kappa shape index (κ1) is 15.2. The Labute approximate surface area is 132 Å². The number of aliphatic hydroxyl groups is 1. The third kappa shape index (κ3) is 2.37. The SMILES string of the molecule is Cc1ccc(-c2nc3c(cc2CO)c(=O)n(C)c(=O)n3C)cc1. The van der Waals surface area contributed by atoms with E-state index >= 15 is 0 Å². The Morgan fingerprint density at radius 2 is 1.74 bits per heavy atom. The Morgan fingerprint density at radius 3 is 2.35 bits per heavy atom. The number of aryl methyl sites for hydroxylation is 2. The van der Waals surface area contributed by atoms with E-state index in [0.717, 1.165) is 15.7 Å². The highest BCUT2D eigenvalue weighted by Gasteiger charge is 2.15. The lowest BCUT2D eigenvalue weighted by Crippen LogP contribution is -2.37. The van der Waals surface area contributed by atoms with E-state index in [9.17, 15) is 14.7 Å². The Balaban J connectivity index is 2.42. The average Bonchev–Trinajstić information content (AvgIpc) is 2.57. The van der Waals surface area contributed by atoms with E-state index in [2.05, 4.69) is 4.98 Å². The summed E-state index contributed by atoms with van der Waals surface area (Å²) in [5.74, 6) is 0. The van der Waals surface area contributed by atoms with Gasteiger partial charge in [0.1, 0.15) is 5.65 Å². The van der Waals surface area contributed by atoms with Gasteiger partial charge in [-0.25, -0.2) is 9.78 Å². The summed E-state index contributed by atoms with van der Waals surface area (Å²) in [7, 11) is 3.01. The Kier molecular flexibility index (Phi) is 3.61. The zero-order valence-corrected chi connectivity index (χ0v) is 13.2. The van der Waals surface area contributed by atoms with Gasteiger partial charge in [-0.2, -0.15) is 0 Å². The number of benzene rings is 1. The Morgan fingerprint density at radius 1 is 1.09 bits per heavy atom. The van der Waals surface area contributed by atoms with Gasteiger partial charge in [0.2, 0.25) is 0 Å². The van der Waals surface area contributed by atoms with Gasteiger partial charge in [-0.15, -0.1) is 0 Å². The van der Waals surface area contributed by atoms with Crippen molar-refractivity contribution in [1.82, 2.24) is 14.1 Å². The third-order valence-electron chi connectivity index (χ3n) is 4.00. The molecule has 0 aliphatic carbocycles. The number of aliphatic hydroxyl groups excluding tert-OH is 1. The fraction of sp³-hybridized carbons (Fsp3) is 0.235. The molecule has 3 aromatic rings. The molecule has 0 radical (unpaired) electrons. The third-order valence-corrected chi connectivity index (χ3v) is 4.00. The van der Waals surface area contributed by atoms with Crippen molar-refractivity contribution in [2.24, 2.45) is 14.1 Å². The van der Waals surface area contributed by atoms with Crippen LogP contribution in [0.3, 0.4) is 0 Å². The second-order valence-electron chi connectivity index (χ2n) is 5.60. The normalized spacial score (nSPS) is 11.1. The van der Waals surface area contributed by atoms with Crippen molar-refractivity contribution >= 4 is 11.0 Å². The predicted molar refractivity (Wildman–Crippen MR) is 88.3 cm³/mol. The van der Waals surface area contributed by atoms with Crippen molar-refractivity contribution < 1.29 is 5.11 Å². The van der Waals surface area contributed by atoms with E-state index in [4.69, 9.17) is 0 Å². The summed E-state index contributed by atoms with van der Waals surface area (Å²) >= 11 is 0. The minimum absolute atomic E-state index is 0.238. The molecule has 0 atom stereocenters. The standard InChI is InChI=1S/C17H17N3O3/c1-10-4-6-11(7-5-10)14-12(9-21)8-13-15(18-14)19(2)17(23)20(3)16(13)22/h4-8,21H,9H2,1-3H3. The Bertz CT molecular complexity index is 1010. The average molecular weight is 311 g/mol. The van der Waals surface area contributed by atoms with Gasteiger partial charge < -0.3 is 5.11 Å². The van der Waals surface area contributed by atoms with Crippen LogP contribution in [0, 0.1) is 6.92 Å². The summed E-state index contributed by atoms with van der Waals surface area (Å²) in [6.07, 6.45) is 0. The molecule has 0 unspecified atom stereocenters. The lowest BCUT2D eigenvalue weighted by molar-refractivity contribution is 0.282. The molecule has 23 heavy (non-hydrogen) atoms. The molecule has 0 aliphatic rings. The molecule has 0 aliphatic heterocycles. The molecule has 2 heterocycles. The van der Waals surface area contributed by atoms with Crippen LogP contribution in [0.1, 0.15) is 11.1 Å². The number of pyridine rings is 1. The van der Waals surface area contributed by atoms with Crippen molar-refractivity contribution in [3.63, 3.8) is 0 Å². The molecule has 1 aromatic carbocycles. The van der Waals surface area contributed by atoms with Gasteiger partial charge in [-0.3, -0.25) is 13.9 Å². The highest BCUT2D eigenvalue weighted by molar-refractivity contribution is 5.80. The van der Waals surface area contributed by atoms with E-state index < -0.39 is 11.2 Å². The summed E-state index contributed by atoms with van der Waals surface area (Å²) in [5.41, 5.74) is 2.53.